The van der Waals surface area contributed by atoms with Crippen molar-refractivity contribution in [3.05, 3.63) is 93.2 Å². The van der Waals surface area contributed by atoms with Crippen molar-refractivity contribution in [3.63, 3.8) is 0 Å². The molecule has 7 heteroatoms. The first-order chi connectivity index (χ1) is 15.5. The van der Waals surface area contributed by atoms with Gasteiger partial charge in [-0.2, -0.15) is 5.10 Å². The van der Waals surface area contributed by atoms with E-state index in [1.54, 1.807) is 17.4 Å². The maximum Gasteiger partial charge on any atom is 0.267 e. The molecule has 0 spiro atoms. The van der Waals surface area contributed by atoms with Crippen molar-refractivity contribution in [2.45, 2.75) is 26.8 Å². The number of carbonyl (C=O) groups excluding carboxylic acids is 1. The highest BCUT2D eigenvalue weighted by molar-refractivity contribution is 7.13. The lowest BCUT2D eigenvalue weighted by atomic mass is 10.0. The summed E-state index contributed by atoms with van der Waals surface area (Å²) in [6.07, 6.45) is 0.625. The standard InChI is InChI=1S/C25H24N4O2S/c1-17-8-9-18(2)21(14-17)22-10-11-24(31)29(28-22)15-23(30)26-13-12-20-16-32-25(27-20)19-6-4-3-5-7-19/h3-11,14,16H,12-13,15H2,1-2H3,(H,26,30). The zero-order valence-electron chi connectivity index (χ0n) is 18.0. The third kappa shape index (κ3) is 5.18. The summed E-state index contributed by atoms with van der Waals surface area (Å²) in [5.74, 6) is -0.253. The van der Waals surface area contributed by atoms with E-state index in [-0.39, 0.29) is 18.0 Å². The molecule has 0 saturated carbocycles. The second-order valence-electron chi connectivity index (χ2n) is 7.64. The number of nitrogens with one attached hydrogen (secondary N) is 1. The predicted octanol–water partition coefficient (Wildman–Crippen LogP) is 4.01. The number of aryl methyl sites for hydroxylation is 2. The molecule has 0 fully saturated rings. The number of amides is 1. The molecule has 4 aromatic rings. The van der Waals surface area contributed by atoms with Gasteiger partial charge in [0.1, 0.15) is 11.6 Å². The maximum atomic E-state index is 12.4. The lowest BCUT2D eigenvalue weighted by Gasteiger charge is -2.10. The molecule has 0 radical (unpaired) electrons. The Labute approximate surface area is 190 Å². The van der Waals surface area contributed by atoms with Crippen LogP contribution in [0.4, 0.5) is 0 Å². The van der Waals surface area contributed by atoms with E-state index in [1.165, 1.54) is 10.7 Å². The Kier molecular flexibility index (Phi) is 6.56. The number of thiazole rings is 1. The molecule has 2 aromatic carbocycles. The first-order valence-corrected chi connectivity index (χ1v) is 11.3. The predicted molar refractivity (Wildman–Crippen MR) is 128 cm³/mol. The minimum absolute atomic E-state index is 0.121. The van der Waals surface area contributed by atoms with E-state index < -0.39 is 0 Å². The fourth-order valence-corrected chi connectivity index (χ4v) is 4.24. The molecule has 1 amide bonds. The van der Waals surface area contributed by atoms with E-state index in [0.29, 0.717) is 18.7 Å². The first kappa shape index (κ1) is 21.6. The average Bonchev–Trinajstić information content (AvgIpc) is 3.26. The van der Waals surface area contributed by atoms with Gasteiger partial charge < -0.3 is 5.32 Å². The molecule has 4 rings (SSSR count). The molecular formula is C25H24N4O2S. The van der Waals surface area contributed by atoms with Crippen LogP contribution in [0, 0.1) is 13.8 Å². The number of benzene rings is 2. The van der Waals surface area contributed by atoms with Gasteiger partial charge in [-0.05, 0) is 31.5 Å². The number of nitrogens with zero attached hydrogens (tertiary/aromatic N) is 3. The molecule has 0 unspecified atom stereocenters. The third-order valence-corrected chi connectivity index (χ3v) is 6.04. The van der Waals surface area contributed by atoms with Gasteiger partial charge in [0, 0.05) is 35.5 Å². The molecule has 2 heterocycles. The SMILES string of the molecule is Cc1ccc(C)c(-c2ccc(=O)n(CC(=O)NCCc3csc(-c4ccccc4)n3)n2)c1. The lowest BCUT2D eigenvalue weighted by molar-refractivity contribution is -0.121. The highest BCUT2D eigenvalue weighted by Gasteiger charge is 2.10. The number of aromatic nitrogens is 3. The van der Waals surface area contributed by atoms with Gasteiger partial charge >= 0.3 is 0 Å². The number of carbonyl (C=O) groups is 1. The van der Waals surface area contributed by atoms with Crippen LogP contribution in [0.15, 0.2) is 70.8 Å². The summed E-state index contributed by atoms with van der Waals surface area (Å²) < 4.78 is 1.21. The molecule has 6 nitrogen and oxygen atoms in total. The zero-order valence-corrected chi connectivity index (χ0v) is 18.9. The number of hydrogen-bond donors (Lipinski definition) is 1. The Balaban J connectivity index is 1.37. The van der Waals surface area contributed by atoms with Crippen molar-refractivity contribution in [3.8, 4) is 21.8 Å². The van der Waals surface area contributed by atoms with Crippen LogP contribution in [0.5, 0.6) is 0 Å². The van der Waals surface area contributed by atoms with Crippen LogP contribution in [-0.4, -0.2) is 27.2 Å². The highest BCUT2D eigenvalue weighted by Crippen LogP contribution is 2.23. The van der Waals surface area contributed by atoms with Crippen molar-refractivity contribution >= 4 is 17.2 Å². The summed E-state index contributed by atoms with van der Waals surface area (Å²) >= 11 is 1.59. The summed E-state index contributed by atoms with van der Waals surface area (Å²) in [7, 11) is 0. The van der Waals surface area contributed by atoms with Crippen molar-refractivity contribution in [2.75, 3.05) is 6.54 Å². The van der Waals surface area contributed by atoms with E-state index in [1.807, 2.05) is 67.8 Å². The van der Waals surface area contributed by atoms with Crippen molar-refractivity contribution in [1.29, 1.82) is 0 Å². The Morgan fingerprint density at radius 3 is 2.69 bits per heavy atom. The smallest absolute Gasteiger partial charge is 0.267 e. The second-order valence-corrected chi connectivity index (χ2v) is 8.50. The van der Waals surface area contributed by atoms with Crippen LogP contribution in [0.2, 0.25) is 0 Å². The number of hydrogen-bond acceptors (Lipinski definition) is 5. The average molecular weight is 445 g/mol. The largest absolute Gasteiger partial charge is 0.354 e. The Hall–Kier alpha value is -3.58. The van der Waals surface area contributed by atoms with E-state index in [0.717, 1.165) is 33.0 Å². The second kappa shape index (κ2) is 9.70. The van der Waals surface area contributed by atoms with Crippen molar-refractivity contribution in [1.82, 2.24) is 20.1 Å². The molecule has 0 atom stereocenters. The molecule has 0 saturated heterocycles. The Morgan fingerprint density at radius 1 is 1.06 bits per heavy atom. The van der Waals surface area contributed by atoms with E-state index >= 15 is 0 Å². The van der Waals surface area contributed by atoms with E-state index in [9.17, 15) is 9.59 Å². The van der Waals surface area contributed by atoms with Crippen LogP contribution in [0.1, 0.15) is 16.8 Å². The van der Waals surface area contributed by atoms with Gasteiger partial charge in [0.2, 0.25) is 5.91 Å². The fourth-order valence-electron chi connectivity index (χ4n) is 3.37. The molecule has 0 aliphatic rings. The molecule has 0 aliphatic carbocycles. The van der Waals surface area contributed by atoms with Crippen LogP contribution >= 0.6 is 11.3 Å². The summed E-state index contributed by atoms with van der Waals surface area (Å²) in [5.41, 5.74) is 5.52. The quantitative estimate of drug-likeness (QED) is 0.467. The van der Waals surface area contributed by atoms with E-state index in [4.69, 9.17) is 0 Å². The van der Waals surface area contributed by atoms with E-state index in [2.05, 4.69) is 15.4 Å². The molecule has 32 heavy (non-hydrogen) atoms. The molecular weight excluding hydrogens is 420 g/mol. The Bertz CT molecular complexity index is 1290. The van der Waals surface area contributed by atoms with Gasteiger partial charge in [-0.25, -0.2) is 9.67 Å². The lowest BCUT2D eigenvalue weighted by Crippen LogP contribution is -2.34. The first-order valence-electron chi connectivity index (χ1n) is 10.4. The summed E-state index contributed by atoms with van der Waals surface area (Å²) in [6, 6.07) is 19.3. The Morgan fingerprint density at radius 2 is 1.88 bits per heavy atom. The zero-order chi connectivity index (χ0) is 22.5. The fraction of sp³-hybridized carbons (Fsp3) is 0.200. The summed E-state index contributed by atoms with van der Waals surface area (Å²) in [4.78, 5) is 29.3. The minimum atomic E-state index is -0.304. The van der Waals surface area contributed by atoms with Gasteiger partial charge in [0.25, 0.3) is 5.56 Å². The third-order valence-electron chi connectivity index (χ3n) is 5.10. The summed E-state index contributed by atoms with van der Waals surface area (Å²) in [6.45, 7) is 4.34. The minimum Gasteiger partial charge on any atom is -0.354 e. The molecule has 2 aromatic heterocycles. The van der Waals surface area contributed by atoms with Gasteiger partial charge in [0.15, 0.2) is 0 Å². The monoisotopic (exact) mass is 444 g/mol. The van der Waals surface area contributed by atoms with Crippen molar-refractivity contribution in [2.24, 2.45) is 0 Å². The molecule has 162 valence electrons. The van der Waals surface area contributed by atoms with Crippen LogP contribution in [-0.2, 0) is 17.8 Å². The van der Waals surface area contributed by atoms with Gasteiger partial charge in [-0.15, -0.1) is 11.3 Å². The molecule has 1 N–H and O–H groups in total. The van der Waals surface area contributed by atoms with Gasteiger partial charge in [0.05, 0.1) is 11.4 Å². The number of rotatable bonds is 7. The van der Waals surface area contributed by atoms with Crippen molar-refractivity contribution < 1.29 is 4.79 Å². The molecule has 0 aliphatic heterocycles. The van der Waals surface area contributed by atoms with Gasteiger partial charge in [-0.1, -0.05) is 48.0 Å². The normalized spacial score (nSPS) is 10.8. The van der Waals surface area contributed by atoms with Gasteiger partial charge in [-0.3, -0.25) is 9.59 Å². The topological polar surface area (TPSA) is 76.9 Å². The maximum absolute atomic E-state index is 12.4. The van der Waals surface area contributed by atoms with Crippen LogP contribution in [0.3, 0.4) is 0 Å². The van der Waals surface area contributed by atoms with Crippen LogP contribution < -0.4 is 10.9 Å². The van der Waals surface area contributed by atoms with Crippen LogP contribution in [0.25, 0.3) is 21.8 Å². The molecule has 0 bridgehead atoms. The highest BCUT2D eigenvalue weighted by atomic mass is 32.1. The summed E-state index contributed by atoms with van der Waals surface area (Å²) in [5, 5.41) is 10.3.